The standard InChI is InChI=1S/C27H21F2N5O2S/c1-15-19(3-2-8-34(15)14-16-4-6-22(28)23(29)9-16)27(36)33-12-18-5-7-24(37-18)21-13-32-26-20(21)10-17(11-31-26)25(30)35/h2-11,13H,1,12,14H2,(H2,30,35)(H,31,32)(H,33,36). The number of hydrogen-bond donors (Lipinski definition) is 3. The molecule has 0 fully saturated rings. The molecule has 37 heavy (non-hydrogen) atoms. The molecule has 0 saturated heterocycles. The number of aromatic nitrogens is 2. The van der Waals surface area contributed by atoms with Crippen LogP contribution in [0.1, 0.15) is 20.8 Å². The molecule has 4 heterocycles. The lowest BCUT2D eigenvalue weighted by atomic mass is 10.1. The Bertz CT molecular complexity index is 1620. The smallest absolute Gasteiger partial charge is 0.253 e. The summed E-state index contributed by atoms with van der Waals surface area (Å²) in [6.07, 6.45) is 8.35. The second-order valence-electron chi connectivity index (χ2n) is 8.38. The molecule has 0 bridgehead atoms. The van der Waals surface area contributed by atoms with Crippen molar-refractivity contribution in [2.75, 3.05) is 0 Å². The molecule has 2 amide bonds. The summed E-state index contributed by atoms with van der Waals surface area (Å²) in [6.45, 7) is 4.55. The van der Waals surface area contributed by atoms with Gasteiger partial charge in [-0.3, -0.25) is 9.59 Å². The van der Waals surface area contributed by atoms with E-state index in [4.69, 9.17) is 5.73 Å². The molecule has 186 valence electrons. The fourth-order valence-corrected chi connectivity index (χ4v) is 4.97. The summed E-state index contributed by atoms with van der Waals surface area (Å²) in [5.74, 6) is -2.69. The number of nitrogens with two attached hydrogens (primary N) is 1. The predicted octanol–water partition coefficient (Wildman–Crippen LogP) is 4.75. The molecule has 4 aromatic rings. The Morgan fingerprint density at radius 3 is 2.78 bits per heavy atom. The first-order chi connectivity index (χ1) is 17.8. The lowest BCUT2D eigenvalue weighted by Gasteiger charge is -2.26. The average molecular weight is 518 g/mol. The van der Waals surface area contributed by atoms with Gasteiger partial charge in [-0.1, -0.05) is 12.6 Å². The largest absolute Gasteiger partial charge is 0.366 e. The summed E-state index contributed by atoms with van der Waals surface area (Å²) in [4.78, 5) is 35.4. The zero-order valence-electron chi connectivity index (χ0n) is 19.4. The molecular formula is C27H21F2N5O2S. The van der Waals surface area contributed by atoms with Gasteiger partial charge < -0.3 is 20.9 Å². The molecule has 1 aliphatic heterocycles. The minimum atomic E-state index is -0.926. The van der Waals surface area contributed by atoms with Crippen molar-refractivity contribution in [3.63, 3.8) is 0 Å². The van der Waals surface area contributed by atoms with E-state index in [1.54, 1.807) is 29.3 Å². The number of halogens is 2. The summed E-state index contributed by atoms with van der Waals surface area (Å²) in [5.41, 5.74) is 8.62. The van der Waals surface area contributed by atoms with Crippen LogP contribution in [0.5, 0.6) is 0 Å². The number of aromatic amines is 1. The molecule has 4 N–H and O–H groups in total. The van der Waals surface area contributed by atoms with Crippen LogP contribution in [0.25, 0.3) is 21.5 Å². The minimum absolute atomic E-state index is 0.238. The van der Waals surface area contributed by atoms with Gasteiger partial charge in [-0.2, -0.15) is 0 Å². The van der Waals surface area contributed by atoms with Gasteiger partial charge in [0.2, 0.25) is 5.91 Å². The number of nitrogens with one attached hydrogen (secondary N) is 2. The lowest BCUT2D eigenvalue weighted by Crippen LogP contribution is -2.30. The van der Waals surface area contributed by atoms with Gasteiger partial charge >= 0.3 is 0 Å². The van der Waals surface area contributed by atoms with E-state index in [2.05, 4.69) is 21.9 Å². The molecular weight excluding hydrogens is 496 g/mol. The third-order valence-electron chi connectivity index (χ3n) is 5.93. The first-order valence-corrected chi connectivity index (χ1v) is 12.0. The van der Waals surface area contributed by atoms with E-state index in [9.17, 15) is 18.4 Å². The van der Waals surface area contributed by atoms with Crippen LogP contribution in [-0.4, -0.2) is 26.7 Å². The number of carbonyl (C=O) groups excluding carboxylic acids is 2. The van der Waals surface area contributed by atoms with E-state index < -0.39 is 17.5 Å². The number of allylic oxidation sites excluding steroid dienone is 2. The van der Waals surface area contributed by atoms with Crippen molar-refractivity contribution in [3.8, 4) is 10.4 Å². The highest BCUT2D eigenvalue weighted by atomic mass is 32.1. The number of nitrogens with zero attached hydrogens (tertiary/aromatic N) is 2. The van der Waals surface area contributed by atoms with Gasteiger partial charge in [0.1, 0.15) is 5.65 Å². The van der Waals surface area contributed by atoms with E-state index in [1.165, 1.54) is 23.6 Å². The first-order valence-electron chi connectivity index (χ1n) is 11.2. The third-order valence-corrected chi connectivity index (χ3v) is 7.05. The molecule has 1 aliphatic rings. The molecule has 7 nitrogen and oxygen atoms in total. The SMILES string of the molecule is C=C1C(C(=O)NCc2ccc(-c3c[nH]c4ncc(C(N)=O)cc34)s2)=CC=CN1Cc1ccc(F)c(F)c1. The molecule has 10 heteroatoms. The number of hydrogen-bond acceptors (Lipinski definition) is 5. The second kappa shape index (κ2) is 9.82. The molecule has 0 saturated carbocycles. The molecule has 0 spiro atoms. The van der Waals surface area contributed by atoms with Crippen molar-refractivity contribution in [1.29, 1.82) is 0 Å². The molecule has 3 aromatic heterocycles. The summed E-state index contributed by atoms with van der Waals surface area (Å²) in [7, 11) is 0. The van der Waals surface area contributed by atoms with Gasteiger partial charge in [0.15, 0.2) is 11.6 Å². The third kappa shape index (κ3) is 4.91. The molecule has 5 rings (SSSR count). The first kappa shape index (κ1) is 24.1. The van der Waals surface area contributed by atoms with Crippen molar-refractivity contribution in [2.24, 2.45) is 5.73 Å². The van der Waals surface area contributed by atoms with Crippen LogP contribution >= 0.6 is 11.3 Å². The van der Waals surface area contributed by atoms with Crippen molar-refractivity contribution < 1.29 is 18.4 Å². The topological polar surface area (TPSA) is 104 Å². The van der Waals surface area contributed by atoms with Gasteiger partial charge in [0, 0.05) is 51.5 Å². The van der Waals surface area contributed by atoms with Gasteiger partial charge in [0.25, 0.3) is 5.91 Å². The zero-order chi connectivity index (χ0) is 26.1. The van der Waals surface area contributed by atoms with Crippen LogP contribution in [0.15, 0.2) is 85.0 Å². The number of H-pyrrole nitrogens is 1. The van der Waals surface area contributed by atoms with Crippen LogP contribution in [-0.2, 0) is 17.9 Å². The quantitative estimate of drug-likeness (QED) is 0.329. The van der Waals surface area contributed by atoms with Crippen LogP contribution in [0, 0.1) is 11.6 Å². The summed E-state index contributed by atoms with van der Waals surface area (Å²) in [5, 5.41) is 3.69. The van der Waals surface area contributed by atoms with Crippen molar-refractivity contribution in [1.82, 2.24) is 20.2 Å². The molecule has 0 atom stereocenters. The fraction of sp³-hybridized carbons (Fsp3) is 0.0741. The molecule has 1 aromatic carbocycles. The number of thiophene rings is 1. The highest BCUT2D eigenvalue weighted by Crippen LogP contribution is 2.33. The van der Waals surface area contributed by atoms with Crippen molar-refractivity contribution >= 4 is 34.2 Å². The Balaban J connectivity index is 1.25. The van der Waals surface area contributed by atoms with E-state index in [0.717, 1.165) is 32.8 Å². The number of rotatable bonds is 7. The zero-order valence-corrected chi connectivity index (χ0v) is 20.2. The number of primary amides is 1. The maximum absolute atomic E-state index is 13.6. The molecule has 0 unspecified atom stereocenters. The Morgan fingerprint density at radius 1 is 1.16 bits per heavy atom. The summed E-state index contributed by atoms with van der Waals surface area (Å²) < 4.78 is 26.8. The van der Waals surface area contributed by atoms with Crippen LogP contribution in [0.4, 0.5) is 8.78 Å². The predicted molar refractivity (Wildman–Crippen MR) is 138 cm³/mol. The Morgan fingerprint density at radius 2 is 2.00 bits per heavy atom. The van der Waals surface area contributed by atoms with Gasteiger partial charge in [0.05, 0.1) is 17.7 Å². The van der Waals surface area contributed by atoms with Crippen LogP contribution in [0.2, 0.25) is 0 Å². The van der Waals surface area contributed by atoms with E-state index >= 15 is 0 Å². The highest BCUT2D eigenvalue weighted by molar-refractivity contribution is 7.15. The van der Waals surface area contributed by atoms with E-state index in [1.807, 2.05) is 18.3 Å². The summed E-state index contributed by atoms with van der Waals surface area (Å²) in [6, 6.07) is 9.26. The number of pyridine rings is 1. The normalized spacial score (nSPS) is 13.2. The highest BCUT2D eigenvalue weighted by Gasteiger charge is 2.20. The number of fused-ring (bicyclic) bond motifs is 1. The number of benzene rings is 1. The molecule has 0 radical (unpaired) electrons. The molecule has 0 aliphatic carbocycles. The van der Waals surface area contributed by atoms with Crippen molar-refractivity contribution in [3.05, 3.63) is 113 Å². The maximum atomic E-state index is 13.6. The van der Waals surface area contributed by atoms with Gasteiger partial charge in [-0.15, -0.1) is 11.3 Å². The fourth-order valence-electron chi connectivity index (χ4n) is 4.00. The Hall–Kier alpha value is -4.57. The van der Waals surface area contributed by atoms with Crippen molar-refractivity contribution in [2.45, 2.75) is 13.1 Å². The van der Waals surface area contributed by atoms with E-state index in [0.29, 0.717) is 34.6 Å². The van der Waals surface area contributed by atoms with Crippen LogP contribution < -0.4 is 11.1 Å². The van der Waals surface area contributed by atoms with Crippen LogP contribution in [0.3, 0.4) is 0 Å². The monoisotopic (exact) mass is 517 g/mol. The second-order valence-corrected chi connectivity index (χ2v) is 9.55. The minimum Gasteiger partial charge on any atom is -0.366 e. The Kier molecular flexibility index (Phi) is 6.41. The van der Waals surface area contributed by atoms with Gasteiger partial charge in [-0.25, -0.2) is 13.8 Å². The average Bonchev–Trinajstić information content (AvgIpc) is 3.52. The number of amides is 2. The maximum Gasteiger partial charge on any atom is 0.253 e. The van der Waals surface area contributed by atoms with E-state index in [-0.39, 0.29) is 12.5 Å². The lowest BCUT2D eigenvalue weighted by molar-refractivity contribution is -0.117. The summed E-state index contributed by atoms with van der Waals surface area (Å²) >= 11 is 1.50. The van der Waals surface area contributed by atoms with Gasteiger partial charge in [-0.05, 0) is 48.0 Å². The number of carbonyl (C=O) groups is 2. The Labute approximate surface area is 214 Å².